The molecule has 0 saturated heterocycles. The van der Waals surface area contributed by atoms with Crippen molar-refractivity contribution in [3.8, 4) is 5.75 Å². The lowest BCUT2D eigenvalue weighted by Gasteiger charge is -2.12. The topological polar surface area (TPSA) is 29.5 Å². The normalized spacial score (nSPS) is 12.4. The van der Waals surface area contributed by atoms with E-state index in [1.807, 2.05) is 29.6 Å². The number of thiophene rings is 1. The summed E-state index contributed by atoms with van der Waals surface area (Å²) in [4.78, 5) is 0.951. The Balaban J connectivity index is 2.20. The first-order valence-electron chi connectivity index (χ1n) is 5.24. The fourth-order valence-corrected chi connectivity index (χ4v) is 2.60. The lowest BCUT2D eigenvalue weighted by molar-refractivity contribution is 0.181. The molecule has 1 atom stereocenters. The van der Waals surface area contributed by atoms with E-state index in [9.17, 15) is 5.11 Å². The van der Waals surface area contributed by atoms with Gasteiger partial charge in [0.1, 0.15) is 5.75 Å². The van der Waals surface area contributed by atoms with Gasteiger partial charge in [0.15, 0.2) is 0 Å². The molecule has 0 radical (unpaired) electrons. The van der Waals surface area contributed by atoms with E-state index in [1.54, 1.807) is 24.5 Å². The number of halogens is 1. The first-order chi connectivity index (χ1) is 8.20. The second-order valence-electron chi connectivity index (χ2n) is 3.69. The van der Waals surface area contributed by atoms with Crippen molar-refractivity contribution in [3.05, 3.63) is 51.2 Å². The van der Waals surface area contributed by atoms with E-state index >= 15 is 0 Å². The number of benzene rings is 1. The molecule has 2 aromatic rings. The molecular formula is C13H13ClO2S. The van der Waals surface area contributed by atoms with Gasteiger partial charge in [-0.1, -0.05) is 17.7 Å². The lowest BCUT2D eigenvalue weighted by atomic mass is 10.1. The van der Waals surface area contributed by atoms with Crippen LogP contribution < -0.4 is 4.74 Å². The van der Waals surface area contributed by atoms with Crippen LogP contribution in [0.5, 0.6) is 5.75 Å². The Labute approximate surface area is 109 Å². The Bertz CT molecular complexity index is 482. The van der Waals surface area contributed by atoms with E-state index in [1.165, 1.54) is 0 Å². The predicted octanol–water partition coefficient (Wildman–Crippen LogP) is 3.69. The van der Waals surface area contributed by atoms with Gasteiger partial charge in [-0.25, -0.2) is 0 Å². The molecule has 0 bridgehead atoms. The van der Waals surface area contributed by atoms with Crippen molar-refractivity contribution in [3.63, 3.8) is 0 Å². The monoisotopic (exact) mass is 268 g/mol. The van der Waals surface area contributed by atoms with Crippen LogP contribution >= 0.6 is 22.9 Å². The molecule has 1 aromatic heterocycles. The summed E-state index contributed by atoms with van der Waals surface area (Å²) in [5.74, 6) is 0.755. The van der Waals surface area contributed by atoms with Gasteiger partial charge in [0.05, 0.1) is 13.2 Å². The van der Waals surface area contributed by atoms with E-state index in [4.69, 9.17) is 16.3 Å². The zero-order chi connectivity index (χ0) is 12.3. The smallest absolute Gasteiger partial charge is 0.122 e. The van der Waals surface area contributed by atoms with Gasteiger partial charge >= 0.3 is 0 Å². The molecule has 0 fully saturated rings. The third kappa shape index (κ3) is 3.00. The van der Waals surface area contributed by atoms with Gasteiger partial charge in [0.25, 0.3) is 0 Å². The number of methoxy groups -OCH3 is 1. The summed E-state index contributed by atoms with van der Waals surface area (Å²) in [6.07, 6.45) is -0.00748. The van der Waals surface area contributed by atoms with Crippen molar-refractivity contribution >= 4 is 22.9 Å². The number of hydrogen-bond acceptors (Lipinski definition) is 3. The molecule has 0 spiro atoms. The molecule has 1 heterocycles. The molecule has 0 aliphatic rings. The van der Waals surface area contributed by atoms with Crippen molar-refractivity contribution < 1.29 is 9.84 Å². The van der Waals surface area contributed by atoms with Gasteiger partial charge in [0, 0.05) is 16.3 Å². The van der Waals surface area contributed by atoms with Gasteiger partial charge in [-0.15, -0.1) is 11.3 Å². The Kier molecular flexibility index (Phi) is 4.05. The quantitative estimate of drug-likeness (QED) is 0.916. The van der Waals surface area contributed by atoms with E-state index < -0.39 is 6.10 Å². The highest BCUT2D eigenvalue weighted by molar-refractivity contribution is 7.10. The molecular weight excluding hydrogens is 256 g/mol. The van der Waals surface area contributed by atoms with Crippen molar-refractivity contribution in [2.75, 3.05) is 7.11 Å². The first kappa shape index (κ1) is 12.4. The average molecular weight is 269 g/mol. The first-order valence-corrected chi connectivity index (χ1v) is 6.50. The molecule has 0 saturated carbocycles. The number of aliphatic hydroxyl groups excluding tert-OH is 1. The van der Waals surface area contributed by atoms with Crippen LogP contribution in [0.25, 0.3) is 0 Å². The Morgan fingerprint density at radius 2 is 2.24 bits per heavy atom. The van der Waals surface area contributed by atoms with Crippen LogP contribution in [0, 0.1) is 0 Å². The van der Waals surface area contributed by atoms with E-state index in [-0.39, 0.29) is 0 Å². The van der Waals surface area contributed by atoms with Crippen molar-refractivity contribution in [2.45, 2.75) is 12.5 Å². The number of rotatable bonds is 4. The second-order valence-corrected chi connectivity index (χ2v) is 5.11. The number of hydrogen-bond donors (Lipinski definition) is 1. The molecule has 1 N–H and O–H groups in total. The van der Waals surface area contributed by atoms with Gasteiger partial charge in [-0.3, -0.25) is 0 Å². The van der Waals surface area contributed by atoms with E-state index in [2.05, 4.69) is 0 Å². The van der Waals surface area contributed by atoms with Crippen LogP contribution in [-0.2, 0) is 6.42 Å². The van der Waals surface area contributed by atoms with Crippen LogP contribution in [-0.4, -0.2) is 12.2 Å². The molecule has 1 unspecified atom stereocenters. The zero-order valence-electron chi connectivity index (χ0n) is 9.39. The largest absolute Gasteiger partial charge is 0.496 e. The van der Waals surface area contributed by atoms with Crippen molar-refractivity contribution in [1.29, 1.82) is 0 Å². The SMILES string of the molecule is COc1ccc(Cl)cc1CC(O)c1cccs1. The minimum absolute atomic E-state index is 0.504. The molecule has 2 nitrogen and oxygen atoms in total. The maximum absolute atomic E-state index is 10.1. The molecule has 0 amide bonds. The van der Waals surface area contributed by atoms with Crippen LogP contribution in [0.4, 0.5) is 0 Å². The summed E-state index contributed by atoms with van der Waals surface area (Å²) < 4.78 is 5.25. The minimum Gasteiger partial charge on any atom is -0.496 e. The average Bonchev–Trinajstić information content (AvgIpc) is 2.83. The van der Waals surface area contributed by atoms with Crippen LogP contribution in [0.2, 0.25) is 5.02 Å². The van der Waals surface area contributed by atoms with Crippen LogP contribution in [0.15, 0.2) is 35.7 Å². The predicted molar refractivity (Wildman–Crippen MR) is 71.0 cm³/mol. The fourth-order valence-electron chi connectivity index (χ4n) is 1.70. The Morgan fingerprint density at radius 1 is 1.41 bits per heavy atom. The molecule has 0 aliphatic heterocycles. The highest BCUT2D eigenvalue weighted by atomic mass is 35.5. The zero-order valence-corrected chi connectivity index (χ0v) is 11.0. The summed E-state index contributed by atoms with van der Waals surface area (Å²) in [7, 11) is 1.62. The van der Waals surface area contributed by atoms with E-state index in [0.29, 0.717) is 11.4 Å². The summed E-state index contributed by atoms with van der Waals surface area (Å²) in [6, 6.07) is 9.28. The standard InChI is InChI=1S/C13H13ClO2S/c1-16-12-5-4-10(14)7-9(12)8-11(15)13-3-2-6-17-13/h2-7,11,15H,8H2,1H3. The van der Waals surface area contributed by atoms with Gasteiger partial charge < -0.3 is 9.84 Å². The summed E-state index contributed by atoms with van der Waals surface area (Å²) >= 11 is 7.49. The molecule has 17 heavy (non-hydrogen) atoms. The van der Waals surface area contributed by atoms with E-state index in [0.717, 1.165) is 16.2 Å². The molecule has 2 rings (SSSR count). The van der Waals surface area contributed by atoms with Crippen molar-refractivity contribution in [2.24, 2.45) is 0 Å². The number of ether oxygens (including phenoxy) is 1. The van der Waals surface area contributed by atoms with Gasteiger partial charge in [-0.05, 0) is 35.2 Å². The Morgan fingerprint density at radius 3 is 2.88 bits per heavy atom. The third-order valence-corrected chi connectivity index (χ3v) is 3.74. The Hall–Kier alpha value is -1.03. The molecule has 4 heteroatoms. The minimum atomic E-state index is -0.512. The van der Waals surface area contributed by atoms with Crippen molar-refractivity contribution in [1.82, 2.24) is 0 Å². The summed E-state index contributed by atoms with van der Waals surface area (Å²) in [5, 5.41) is 12.7. The third-order valence-electron chi connectivity index (χ3n) is 2.53. The summed E-state index contributed by atoms with van der Waals surface area (Å²) in [6.45, 7) is 0. The maximum Gasteiger partial charge on any atom is 0.122 e. The van der Waals surface area contributed by atoms with Gasteiger partial charge in [-0.2, -0.15) is 0 Å². The molecule has 0 aliphatic carbocycles. The summed E-state index contributed by atoms with van der Waals surface area (Å²) in [5.41, 5.74) is 0.918. The maximum atomic E-state index is 10.1. The molecule has 90 valence electrons. The lowest BCUT2D eigenvalue weighted by Crippen LogP contribution is -2.01. The molecule has 1 aromatic carbocycles. The highest BCUT2D eigenvalue weighted by Gasteiger charge is 2.13. The highest BCUT2D eigenvalue weighted by Crippen LogP contribution is 2.29. The van der Waals surface area contributed by atoms with Gasteiger partial charge in [0.2, 0.25) is 0 Å². The second kappa shape index (κ2) is 5.54. The van der Waals surface area contributed by atoms with Crippen LogP contribution in [0.1, 0.15) is 16.5 Å². The van der Waals surface area contributed by atoms with Crippen LogP contribution in [0.3, 0.4) is 0 Å². The fraction of sp³-hybridized carbons (Fsp3) is 0.231. The number of aliphatic hydroxyl groups is 1.